The van der Waals surface area contributed by atoms with E-state index >= 15 is 0 Å². The maximum absolute atomic E-state index is 13.1. The van der Waals surface area contributed by atoms with Crippen molar-refractivity contribution in [2.75, 3.05) is 0 Å². The molecule has 0 saturated heterocycles. The van der Waals surface area contributed by atoms with E-state index in [0.29, 0.717) is 17.9 Å². The van der Waals surface area contributed by atoms with Gasteiger partial charge in [-0.1, -0.05) is 44.2 Å². The van der Waals surface area contributed by atoms with Crippen LogP contribution in [-0.2, 0) is 4.79 Å². The Labute approximate surface area is 142 Å². The van der Waals surface area contributed by atoms with Gasteiger partial charge in [0.25, 0.3) is 0 Å². The van der Waals surface area contributed by atoms with Crippen molar-refractivity contribution in [1.82, 2.24) is 4.98 Å². The lowest BCUT2D eigenvalue weighted by molar-refractivity contribution is -0.114. The molecular formula is C21H22FNO. The molecule has 3 heteroatoms. The highest BCUT2D eigenvalue weighted by Crippen LogP contribution is 2.30. The van der Waals surface area contributed by atoms with E-state index in [2.05, 4.69) is 4.98 Å². The van der Waals surface area contributed by atoms with Crippen molar-refractivity contribution in [3.05, 3.63) is 65.7 Å². The molecule has 0 unspecified atom stereocenters. The Kier molecular flexibility index (Phi) is 5.52. The molecule has 0 bridgehead atoms. The van der Waals surface area contributed by atoms with Gasteiger partial charge in [0.05, 0.1) is 0 Å². The fraction of sp³-hybridized carbons (Fsp3) is 0.333. The van der Waals surface area contributed by atoms with Crippen LogP contribution in [0.5, 0.6) is 0 Å². The maximum Gasteiger partial charge on any atom is 0.163 e. The molecule has 1 aliphatic rings. The van der Waals surface area contributed by atoms with Crippen molar-refractivity contribution in [1.29, 1.82) is 0 Å². The maximum atomic E-state index is 13.1. The van der Waals surface area contributed by atoms with Gasteiger partial charge in [-0.2, -0.15) is 0 Å². The first-order valence-electron chi connectivity index (χ1n) is 8.63. The standard InChI is InChI=1S/C21H22FNO/c22-19-8-6-17(7-9-19)14-20(18-10-12-23-13-11-18)21(24)15-16-4-2-1-3-5-16/h6-14,16H,1-5,15H2/b20-14+. The van der Waals surface area contributed by atoms with E-state index in [1.165, 1.54) is 31.4 Å². The number of nitrogens with zero attached hydrogens (tertiary/aromatic N) is 1. The van der Waals surface area contributed by atoms with E-state index < -0.39 is 0 Å². The first kappa shape index (κ1) is 16.6. The minimum Gasteiger partial charge on any atom is -0.294 e. The minimum absolute atomic E-state index is 0.164. The number of hydrogen-bond donors (Lipinski definition) is 0. The van der Waals surface area contributed by atoms with Crippen LogP contribution in [0.4, 0.5) is 4.39 Å². The normalized spacial score (nSPS) is 16.1. The SMILES string of the molecule is O=C(CC1CCCCC1)/C(=C/c1ccc(F)cc1)c1ccncc1. The third-order valence-electron chi connectivity index (χ3n) is 4.67. The lowest BCUT2D eigenvalue weighted by Gasteiger charge is -2.21. The lowest BCUT2D eigenvalue weighted by Crippen LogP contribution is -2.13. The third kappa shape index (κ3) is 4.38. The van der Waals surface area contributed by atoms with Crippen LogP contribution < -0.4 is 0 Å². The summed E-state index contributed by atoms with van der Waals surface area (Å²) in [6, 6.07) is 9.94. The van der Waals surface area contributed by atoms with Crippen LogP contribution in [-0.4, -0.2) is 10.8 Å². The monoisotopic (exact) mass is 323 g/mol. The molecule has 1 saturated carbocycles. The van der Waals surface area contributed by atoms with Crippen LogP contribution in [0.2, 0.25) is 0 Å². The van der Waals surface area contributed by atoms with Gasteiger partial charge in [0.15, 0.2) is 5.78 Å². The zero-order valence-corrected chi connectivity index (χ0v) is 13.7. The molecule has 0 spiro atoms. The second-order valence-corrected chi connectivity index (χ2v) is 6.48. The zero-order chi connectivity index (χ0) is 16.8. The van der Waals surface area contributed by atoms with Crippen LogP contribution in [0.25, 0.3) is 11.6 Å². The van der Waals surface area contributed by atoms with Crippen LogP contribution in [0.3, 0.4) is 0 Å². The van der Waals surface area contributed by atoms with E-state index in [4.69, 9.17) is 0 Å². The predicted octanol–water partition coefficient (Wildman–Crippen LogP) is 5.30. The Morgan fingerprint density at radius 2 is 1.71 bits per heavy atom. The number of pyridine rings is 1. The van der Waals surface area contributed by atoms with Crippen LogP contribution in [0.1, 0.15) is 49.7 Å². The number of ketones is 1. The van der Waals surface area contributed by atoms with E-state index in [1.807, 2.05) is 18.2 Å². The summed E-state index contributed by atoms with van der Waals surface area (Å²) in [5.41, 5.74) is 2.39. The van der Waals surface area contributed by atoms with Crippen molar-refractivity contribution < 1.29 is 9.18 Å². The summed E-state index contributed by atoms with van der Waals surface area (Å²) in [5.74, 6) is 0.383. The molecule has 0 N–H and O–H groups in total. The van der Waals surface area contributed by atoms with Crippen molar-refractivity contribution in [2.45, 2.75) is 38.5 Å². The summed E-state index contributed by atoms with van der Waals surface area (Å²) in [6.45, 7) is 0. The van der Waals surface area contributed by atoms with Gasteiger partial charge in [-0.05, 0) is 47.4 Å². The summed E-state index contributed by atoms with van der Waals surface area (Å²) in [6.07, 6.45) is 11.9. The molecule has 0 atom stereocenters. The van der Waals surface area contributed by atoms with Crippen LogP contribution >= 0.6 is 0 Å². The number of carbonyl (C=O) groups is 1. The second kappa shape index (κ2) is 8.00. The Morgan fingerprint density at radius 3 is 2.38 bits per heavy atom. The lowest BCUT2D eigenvalue weighted by atomic mass is 9.83. The van der Waals surface area contributed by atoms with E-state index in [9.17, 15) is 9.18 Å². The zero-order valence-electron chi connectivity index (χ0n) is 13.7. The number of rotatable bonds is 5. The molecule has 1 heterocycles. The summed E-state index contributed by atoms with van der Waals surface area (Å²) in [4.78, 5) is 17.0. The van der Waals surface area contributed by atoms with Gasteiger partial charge in [-0.3, -0.25) is 9.78 Å². The fourth-order valence-electron chi connectivity index (χ4n) is 3.35. The van der Waals surface area contributed by atoms with Gasteiger partial charge in [-0.25, -0.2) is 4.39 Å². The van der Waals surface area contributed by atoms with Crippen molar-refractivity contribution in [2.24, 2.45) is 5.92 Å². The first-order chi connectivity index (χ1) is 11.7. The largest absolute Gasteiger partial charge is 0.294 e. The van der Waals surface area contributed by atoms with Crippen molar-refractivity contribution >= 4 is 17.4 Å². The van der Waals surface area contributed by atoms with Gasteiger partial charge in [0, 0.05) is 24.4 Å². The summed E-state index contributed by atoms with van der Waals surface area (Å²) < 4.78 is 13.1. The van der Waals surface area contributed by atoms with E-state index in [0.717, 1.165) is 24.0 Å². The molecule has 0 radical (unpaired) electrons. The minimum atomic E-state index is -0.272. The molecular weight excluding hydrogens is 301 g/mol. The number of benzene rings is 1. The number of halogens is 1. The average molecular weight is 323 g/mol. The Balaban J connectivity index is 1.87. The molecule has 1 aliphatic carbocycles. The van der Waals surface area contributed by atoms with Gasteiger partial charge in [0.2, 0.25) is 0 Å². The molecule has 1 aromatic carbocycles. The Morgan fingerprint density at radius 1 is 1.04 bits per heavy atom. The topological polar surface area (TPSA) is 30.0 Å². The fourth-order valence-corrected chi connectivity index (χ4v) is 3.35. The van der Waals surface area contributed by atoms with E-state index in [1.54, 1.807) is 24.5 Å². The highest BCUT2D eigenvalue weighted by molar-refractivity contribution is 6.25. The molecule has 3 rings (SSSR count). The molecule has 0 aliphatic heterocycles. The number of Topliss-reactive ketones (excluding diaryl/α,β-unsaturated/α-hetero) is 1. The number of carbonyl (C=O) groups excluding carboxylic acids is 1. The summed E-state index contributed by atoms with van der Waals surface area (Å²) >= 11 is 0. The van der Waals surface area contributed by atoms with E-state index in [-0.39, 0.29) is 11.6 Å². The summed E-state index contributed by atoms with van der Waals surface area (Å²) in [5, 5.41) is 0. The first-order valence-corrected chi connectivity index (χ1v) is 8.63. The van der Waals surface area contributed by atoms with Gasteiger partial charge < -0.3 is 0 Å². The van der Waals surface area contributed by atoms with Gasteiger partial charge >= 0.3 is 0 Å². The number of allylic oxidation sites excluding steroid dienone is 1. The van der Waals surface area contributed by atoms with Crippen LogP contribution in [0.15, 0.2) is 48.8 Å². The predicted molar refractivity (Wildman–Crippen MR) is 94.7 cm³/mol. The highest BCUT2D eigenvalue weighted by atomic mass is 19.1. The molecule has 2 nitrogen and oxygen atoms in total. The molecule has 1 fully saturated rings. The summed E-state index contributed by atoms with van der Waals surface area (Å²) in [7, 11) is 0. The molecule has 124 valence electrons. The smallest absolute Gasteiger partial charge is 0.163 e. The molecule has 1 aromatic heterocycles. The quantitative estimate of drug-likeness (QED) is 0.699. The average Bonchev–Trinajstić information content (AvgIpc) is 2.63. The third-order valence-corrected chi connectivity index (χ3v) is 4.67. The Hall–Kier alpha value is -2.29. The van der Waals surface area contributed by atoms with Gasteiger partial charge in [0.1, 0.15) is 5.82 Å². The molecule has 0 amide bonds. The molecule has 24 heavy (non-hydrogen) atoms. The van der Waals surface area contributed by atoms with Crippen molar-refractivity contribution in [3.8, 4) is 0 Å². The highest BCUT2D eigenvalue weighted by Gasteiger charge is 2.20. The molecule has 2 aromatic rings. The number of hydrogen-bond acceptors (Lipinski definition) is 2. The second-order valence-electron chi connectivity index (χ2n) is 6.48. The Bertz CT molecular complexity index is 700. The van der Waals surface area contributed by atoms with Crippen molar-refractivity contribution in [3.63, 3.8) is 0 Å². The van der Waals surface area contributed by atoms with Gasteiger partial charge in [-0.15, -0.1) is 0 Å². The number of aromatic nitrogens is 1. The van der Waals surface area contributed by atoms with Crippen LogP contribution in [0, 0.1) is 11.7 Å².